The molecule has 0 unspecified atom stereocenters. The van der Waals surface area contributed by atoms with Crippen molar-refractivity contribution in [2.24, 2.45) is 5.73 Å². The molecular formula is C13H19NO2. The van der Waals surface area contributed by atoms with E-state index < -0.39 is 0 Å². The van der Waals surface area contributed by atoms with Gasteiger partial charge in [-0.15, -0.1) is 0 Å². The normalized spacial score (nSPS) is 11.3. The fraction of sp³-hybridized carbons (Fsp3) is 0.462. The van der Waals surface area contributed by atoms with Crippen molar-refractivity contribution < 1.29 is 9.53 Å². The van der Waals surface area contributed by atoms with Crippen LogP contribution in [0.2, 0.25) is 0 Å². The highest BCUT2D eigenvalue weighted by Gasteiger charge is 2.20. The van der Waals surface area contributed by atoms with E-state index in [2.05, 4.69) is 13.8 Å². The highest BCUT2D eigenvalue weighted by Crippen LogP contribution is 2.24. The summed E-state index contributed by atoms with van der Waals surface area (Å²) in [4.78, 5) is 11.4. The second-order valence-corrected chi connectivity index (χ2v) is 4.61. The van der Waals surface area contributed by atoms with E-state index in [0.717, 1.165) is 11.1 Å². The summed E-state index contributed by atoms with van der Waals surface area (Å²) in [7, 11) is 1.39. The Morgan fingerprint density at radius 1 is 1.44 bits per heavy atom. The zero-order chi connectivity index (χ0) is 12.3. The number of nitrogens with two attached hydrogens (primary N) is 1. The molecule has 0 saturated carbocycles. The average molecular weight is 221 g/mol. The van der Waals surface area contributed by atoms with Gasteiger partial charge in [0.1, 0.15) is 0 Å². The van der Waals surface area contributed by atoms with Gasteiger partial charge in [-0.2, -0.15) is 0 Å². The number of esters is 1. The molecule has 0 spiro atoms. The lowest BCUT2D eigenvalue weighted by atomic mass is 9.83. The van der Waals surface area contributed by atoms with Crippen LogP contribution in [0.4, 0.5) is 0 Å². The van der Waals surface area contributed by atoms with Crippen LogP contribution in [0.25, 0.3) is 0 Å². The van der Waals surface area contributed by atoms with E-state index in [1.165, 1.54) is 7.11 Å². The van der Waals surface area contributed by atoms with E-state index in [0.29, 0.717) is 12.1 Å². The molecule has 16 heavy (non-hydrogen) atoms. The SMILES string of the molecule is COC(=O)c1ccc(C(C)(C)CN)cc1C. The van der Waals surface area contributed by atoms with Gasteiger partial charge < -0.3 is 10.5 Å². The third-order valence-corrected chi connectivity index (χ3v) is 2.92. The van der Waals surface area contributed by atoms with E-state index in [4.69, 9.17) is 10.5 Å². The topological polar surface area (TPSA) is 52.3 Å². The van der Waals surface area contributed by atoms with Crippen LogP contribution in [0.5, 0.6) is 0 Å². The van der Waals surface area contributed by atoms with Crippen molar-refractivity contribution >= 4 is 5.97 Å². The van der Waals surface area contributed by atoms with Crippen molar-refractivity contribution in [3.63, 3.8) is 0 Å². The Labute approximate surface area is 96.6 Å². The second-order valence-electron chi connectivity index (χ2n) is 4.61. The van der Waals surface area contributed by atoms with Gasteiger partial charge in [0.15, 0.2) is 0 Å². The third kappa shape index (κ3) is 2.42. The number of hydrogen-bond donors (Lipinski definition) is 1. The number of methoxy groups -OCH3 is 1. The smallest absolute Gasteiger partial charge is 0.338 e. The molecule has 0 aromatic heterocycles. The average Bonchev–Trinajstić information content (AvgIpc) is 2.28. The summed E-state index contributed by atoms with van der Waals surface area (Å²) in [6, 6.07) is 5.74. The molecule has 3 nitrogen and oxygen atoms in total. The van der Waals surface area contributed by atoms with Gasteiger partial charge in [0, 0.05) is 12.0 Å². The molecular weight excluding hydrogens is 202 g/mol. The number of benzene rings is 1. The van der Waals surface area contributed by atoms with Crippen molar-refractivity contribution in [2.45, 2.75) is 26.2 Å². The van der Waals surface area contributed by atoms with Gasteiger partial charge in [0.25, 0.3) is 0 Å². The van der Waals surface area contributed by atoms with E-state index in [9.17, 15) is 4.79 Å². The van der Waals surface area contributed by atoms with Crippen LogP contribution in [0.3, 0.4) is 0 Å². The standard InChI is InChI=1S/C13H19NO2/c1-9-7-10(13(2,3)8-14)5-6-11(9)12(15)16-4/h5-7H,8,14H2,1-4H3. The van der Waals surface area contributed by atoms with Gasteiger partial charge in [-0.05, 0) is 24.1 Å². The number of aryl methyl sites for hydroxylation is 1. The van der Waals surface area contributed by atoms with E-state index in [1.807, 2.05) is 19.1 Å². The Kier molecular flexibility index (Phi) is 3.70. The fourth-order valence-electron chi connectivity index (χ4n) is 1.54. The summed E-state index contributed by atoms with van der Waals surface area (Å²) >= 11 is 0. The molecule has 0 fully saturated rings. The zero-order valence-electron chi connectivity index (χ0n) is 10.3. The maximum atomic E-state index is 11.4. The first-order chi connectivity index (χ1) is 7.42. The summed E-state index contributed by atoms with van der Waals surface area (Å²) in [6.45, 7) is 6.64. The van der Waals surface area contributed by atoms with Crippen molar-refractivity contribution in [3.05, 3.63) is 34.9 Å². The van der Waals surface area contributed by atoms with Crippen molar-refractivity contribution in [2.75, 3.05) is 13.7 Å². The minimum absolute atomic E-state index is 0.0700. The summed E-state index contributed by atoms with van der Waals surface area (Å²) in [6.07, 6.45) is 0. The van der Waals surface area contributed by atoms with Gasteiger partial charge in [-0.3, -0.25) is 0 Å². The first-order valence-corrected chi connectivity index (χ1v) is 5.32. The number of hydrogen-bond acceptors (Lipinski definition) is 3. The molecule has 0 saturated heterocycles. The molecule has 1 aromatic carbocycles. The quantitative estimate of drug-likeness (QED) is 0.794. The van der Waals surface area contributed by atoms with Gasteiger partial charge in [0.05, 0.1) is 12.7 Å². The molecule has 0 radical (unpaired) electrons. The first kappa shape index (κ1) is 12.7. The van der Waals surface area contributed by atoms with Crippen LogP contribution in [0.15, 0.2) is 18.2 Å². The van der Waals surface area contributed by atoms with Crippen LogP contribution < -0.4 is 5.73 Å². The third-order valence-electron chi connectivity index (χ3n) is 2.92. The van der Waals surface area contributed by atoms with Crippen LogP contribution in [-0.2, 0) is 10.2 Å². The Morgan fingerprint density at radius 2 is 2.06 bits per heavy atom. The molecule has 0 atom stereocenters. The molecule has 0 amide bonds. The van der Waals surface area contributed by atoms with E-state index >= 15 is 0 Å². The molecule has 2 N–H and O–H groups in total. The summed E-state index contributed by atoms with van der Waals surface area (Å²) < 4.78 is 4.71. The van der Waals surface area contributed by atoms with E-state index in [-0.39, 0.29) is 11.4 Å². The molecule has 0 bridgehead atoms. The van der Waals surface area contributed by atoms with Gasteiger partial charge in [-0.25, -0.2) is 4.79 Å². The number of carbonyl (C=O) groups excluding carboxylic acids is 1. The number of carbonyl (C=O) groups is 1. The van der Waals surface area contributed by atoms with Gasteiger partial charge in [-0.1, -0.05) is 26.0 Å². The molecule has 1 rings (SSSR count). The van der Waals surface area contributed by atoms with Gasteiger partial charge >= 0.3 is 5.97 Å². The summed E-state index contributed by atoms with van der Waals surface area (Å²) in [5.41, 5.74) is 8.32. The first-order valence-electron chi connectivity index (χ1n) is 5.32. The maximum absolute atomic E-state index is 11.4. The highest BCUT2D eigenvalue weighted by atomic mass is 16.5. The predicted molar refractivity (Wildman–Crippen MR) is 64.6 cm³/mol. The Hall–Kier alpha value is -1.35. The summed E-state index contributed by atoms with van der Waals surface area (Å²) in [5.74, 6) is -0.297. The number of rotatable bonds is 3. The minimum atomic E-state index is -0.297. The van der Waals surface area contributed by atoms with Crippen LogP contribution in [0, 0.1) is 6.92 Å². The van der Waals surface area contributed by atoms with Crippen molar-refractivity contribution in [1.29, 1.82) is 0 Å². The Morgan fingerprint density at radius 3 is 2.50 bits per heavy atom. The molecule has 3 heteroatoms. The molecule has 1 aromatic rings. The number of ether oxygens (including phenoxy) is 1. The highest BCUT2D eigenvalue weighted by molar-refractivity contribution is 5.91. The van der Waals surface area contributed by atoms with Crippen LogP contribution in [-0.4, -0.2) is 19.6 Å². The maximum Gasteiger partial charge on any atom is 0.338 e. The van der Waals surface area contributed by atoms with Crippen LogP contribution in [0.1, 0.15) is 35.3 Å². The van der Waals surface area contributed by atoms with Crippen molar-refractivity contribution in [3.8, 4) is 0 Å². The fourth-order valence-corrected chi connectivity index (χ4v) is 1.54. The molecule has 0 heterocycles. The zero-order valence-corrected chi connectivity index (χ0v) is 10.3. The lowest BCUT2D eigenvalue weighted by molar-refractivity contribution is 0.0600. The minimum Gasteiger partial charge on any atom is -0.465 e. The molecule has 0 aliphatic rings. The van der Waals surface area contributed by atoms with Crippen LogP contribution >= 0.6 is 0 Å². The lowest BCUT2D eigenvalue weighted by Crippen LogP contribution is -2.28. The molecule has 0 aliphatic heterocycles. The van der Waals surface area contributed by atoms with E-state index in [1.54, 1.807) is 6.07 Å². The Balaban J connectivity index is 3.14. The monoisotopic (exact) mass is 221 g/mol. The molecule has 0 aliphatic carbocycles. The Bertz CT molecular complexity index is 397. The van der Waals surface area contributed by atoms with Gasteiger partial charge in [0.2, 0.25) is 0 Å². The predicted octanol–water partition coefficient (Wildman–Crippen LogP) is 2.02. The lowest BCUT2D eigenvalue weighted by Gasteiger charge is -2.23. The molecule has 88 valence electrons. The largest absolute Gasteiger partial charge is 0.465 e. The van der Waals surface area contributed by atoms with Crippen molar-refractivity contribution in [1.82, 2.24) is 0 Å². The second kappa shape index (κ2) is 4.66. The summed E-state index contributed by atoms with van der Waals surface area (Å²) in [5, 5.41) is 0.